The first-order valence-electron chi connectivity index (χ1n) is 9.16. The first-order valence-corrected chi connectivity index (χ1v) is 11.8. The third kappa shape index (κ3) is 4.10. The van der Waals surface area contributed by atoms with Gasteiger partial charge in [-0.25, -0.2) is 9.97 Å². The smallest absolute Gasteiger partial charge is 0.191 e. The number of benzene rings is 1. The molecule has 0 amide bonds. The van der Waals surface area contributed by atoms with E-state index in [1.54, 1.807) is 11.3 Å². The molecule has 3 aromatic rings. The van der Waals surface area contributed by atoms with E-state index < -0.39 is 0 Å². The van der Waals surface area contributed by atoms with E-state index in [-0.39, 0.29) is 17.6 Å². The maximum atomic E-state index is 12.4. The number of thiophene rings is 1. The highest BCUT2D eigenvalue weighted by molar-refractivity contribution is 9.10. The minimum Gasteiger partial charge on any atom is -0.383 e. The SMILES string of the molecule is CCCC1Cc2c(sc3nc(SCC(=O)c4ccc(Br)cc4)nc(N)c23)CO1. The Morgan fingerprint density at radius 1 is 1.36 bits per heavy atom. The minimum atomic E-state index is 0.0426. The maximum absolute atomic E-state index is 12.4. The average molecular weight is 478 g/mol. The van der Waals surface area contributed by atoms with E-state index in [2.05, 4.69) is 32.8 Å². The van der Waals surface area contributed by atoms with Gasteiger partial charge in [0.05, 0.1) is 23.8 Å². The van der Waals surface area contributed by atoms with Gasteiger partial charge in [0.2, 0.25) is 0 Å². The molecule has 0 saturated carbocycles. The minimum absolute atomic E-state index is 0.0426. The summed E-state index contributed by atoms with van der Waals surface area (Å²) in [6.45, 7) is 2.78. The van der Waals surface area contributed by atoms with Gasteiger partial charge in [-0.05, 0) is 24.1 Å². The molecule has 8 heteroatoms. The highest BCUT2D eigenvalue weighted by Crippen LogP contribution is 2.39. The lowest BCUT2D eigenvalue weighted by Crippen LogP contribution is -2.21. The fourth-order valence-electron chi connectivity index (χ4n) is 3.35. The Morgan fingerprint density at radius 3 is 2.89 bits per heavy atom. The molecule has 146 valence electrons. The summed E-state index contributed by atoms with van der Waals surface area (Å²) in [5.74, 6) is 0.818. The molecule has 1 unspecified atom stereocenters. The molecule has 2 aromatic heterocycles. The first kappa shape index (κ1) is 19.8. The number of rotatable bonds is 6. The number of hydrogen-bond donors (Lipinski definition) is 1. The van der Waals surface area contributed by atoms with Gasteiger partial charge in [0.25, 0.3) is 0 Å². The van der Waals surface area contributed by atoms with Crippen LogP contribution in [0.5, 0.6) is 0 Å². The average Bonchev–Trinajstić information content (AvgIpc) is 3.05. The van der Waals surface area contributed by atoms with Crippen LogP contribution in [0.15, 0.2) is 33.9 Å². The van der Waals surface area contributed by atoms with Crippen LogP contribution in [0.1, 0.15) is 40.6 Å². The van der Waals surface area contributed by atoms with E-state index in [9.17, 15) is 4.79 Å². The van der Waals surface area contributed by atoms with Crippen molar-refractivity contribution in [2.24, 2.45) is 0 Å². The number of anilines is 1. The van der Waals surface area contributed by atoms with Crippen molar-refractivity contribution in [1.82, 2.24) is 9.97 Å². The van der Waals surface area contributed by atoms with Crippen LogP contribution in [0.25, 0.3) is 10.2 Å². The zero-order chi connectivity index (χ0) is 19.7. The number of halogens is 1. The van der Waals surface area contributed by atoms with Crippen LogP contribution in [0.4, 0.5) is 5.82 Å². The van der Waals surface area contributed by atoms with E-state index in [1.165, 1.54) is 22.2 Å². The van der Waals surface area contributed by atoms with Crippen molar-refractivity contribution in [3.05, 3.63) is 44.7 Å². The normalized spacial score (nSPS) is 16.3. The Bertz CT molecular complexity index is 1020. The van der Waals surface area contributed by atoms with Crippen LogP contribution in [-0.4, -0.2) is 27.6 Å². The Kier molecular flexibility index (Phi) is 6.01. The molecule has 28 heavy (non-hydrogen) atoms. The van der Waals surface area contributed by atoms with Gasteiger partial charge in [0, 0.05) is 21.3 Å². The second-order valence-electron chi connectivity index (χ2n) is 6.72. The number of thioether (sulfide) groups is 1. The van der Waals surface area contributed by atoms with Gasteiger partial charge in [-0.2, -0.15) is 0 Å². The number of fused-ring (bicyclic) bond motifs is 3. The van der Waals surface area contributed by atoms with Gasteiger partial charge < -0.3 is 10.5 Å². The number of ether oxygens (including phenoxy) is 1. The molecule has 0 radical (unpaired) electrons. The quantitative estimate of drug-likeness (QED) is 0.296. The second-order valence-corrected chi connectivity index (χ2v) is 9.66. The lowest BCUT2D eigenvalue weighted by atomic mass is 10.0. The van der Waals surface area contributed by atoms with Gasteiger partial charge in [-0.1, -0.05) is 53.2 Å². The largest absolute Gasteiger partial charge is 0.383 e. The molecule has 3 heterocycles. The Hall–Kier alpha value is -1.48. The van der Waals surface area contributed by atoms with E-state index in [0.29, 0.717) is 23.1 Å². The molecule has 1 aliphatic rings. The molecule has 2 N–H and O–H groups in total. The van der Waals surface area contributed by atoms with E-state index in [1.807, 2.05) is 24.3 Å². The summed E-state index contributed by atoms with van der Waals surface area (Å²) < 4.78 is 6.90. The topological polar surface area (TPSA) is 78.1 Å². The molecule has 1 aliphatic heterocycles. The fraction of sp³-hybridized carbons (Fsp3) is 0.350. The van der Waals surface area contributed by atoms with Gasteiger partial charge in [0.1, 0.15) is 10.6 Å². The van der Waals surface area contributed by atoms with E-state index in [0.717, 1.165) is 34.0 Å². The zero-order valence-corrected chi connectivity index (χ0v) is 18.6. The molecule has 4 rings (SSSR count). The molecule has 1 aromatic carbocycles. The molecule has 0 fully saturated rings. The highest BCUT2D eigenvalue weighted by atomic mass is 79.9. The summed E-state index contributed by atoms with van der Waals surface area (Å²) in [6, 6.07) is 7.35. The summed E-state index contributed by atoms with van der Waals surface area (Å²) in [4.78, 5) is 23.6. The molecular formula is C20H20BrN3O2S2. The Balaban J connectivity index is 1.53. The molecule has 0 aliphatic carbocycles. The molecule has 0 saturated heterocycles. The van der Waals surface area contributed by atoms with Gasteiger partial charge in [-0.3, -0.25) is 4.79 Å². The Morgan fingerprint density at radius 2 is 2.14 bits per heavy atom. The van der Waals surface area contributed by atoms with Crippen LogP contribution in [0.3, 0.4) is 0 Å². The van der Waals surface area contributed by atoms with Crippen molar-refractivity contribution in [3.63, 3.8) is 0 Å². The standard InChI is InChI=1S/C20H20BrN3O2S2/c1-2-3-13-8-14-16(9-26-13)28-19-17(14)18(22)23-20(24-19)27-10-15(25)11-4-6-12(21)7-5-11/h4-7,13H,2-3,8-10H2,1H3,(H2,22,23,24). The predicted octanol–water partition coefficient (Wildman–Crippen LogP) is 5.25. The van der Waals surface area contributed by atoms with Crippen LogP contribution >= 0.6 is 39.0 Å². The van der Waals surface area contributed by atoms with Crippen molar-refractivity contribution in [1.29, 1.82) is 0 Å². The monoisotopic (exact) mass is 477 g/mol. The van der Waals surface area contributed by atoms with Crippen molar-refractivity contribution >= 4 is 60.8 Å². The number of nitrogens with zero attached hydrogens (tertiary/aromatic N) is 2. The van der Waals surface area contributed by atoms with E-state index >= 15 is 0 Å². The highest BCUT2D eigenvalue weighted by Gasteiger charge is 2.25. The van der Waals surface area contributed by atoms with Crippen molar-refractivity contribution in [2.45, 2.75) is 44.1 Å². The number of hydrogen-bond acceptors (Lipinski definition) is 7. The summed E-state index contributed by atoms with van der Waals surface area (Å²) in [5.41, 5.74) is 8.21. The molecule has 0 bridgehead atoms. The number of carbonyl (C=O) groups is 1. The third-order valence-corrected chi connectivity index (χ3v) is 7.21. The predicted molar refractivity (Wildman–Crippen MR) is 118 cm³/mol. The van der Waals surface area contributed by atoms with Gasteiger partial charge in [0.15, 0.2) is 10.9 Å². The first-order chi connectivity index (χ1) is 13.5. The number of carbonyl (C=O) groups excluding carboxylic acids is 1. The lowest BCUT2D eigenvalue weighted by molar-refractivity contribution is 0.0254. The number of Topliss-reactive ketones (excluding diaryl/α,β-unsaturated/α-hetero) is 1. The van der Waals surface area contributed by atoms with Crippen molar-refractivity contribution < 1.29 is 9.53 Å². The van der Waals surface area contributed by atoms with Crippen molar-refractivity contribution in [2.75, 3.05) is 11.5 Å². The number of aromatic nitrogens is 2. The van der Waals surface area contributed by atoms with Gasteiger partial charge in [-0.15, -0.1) is 11.3 Å². The number of nitrogens with two attached hydrogens (primary N) is 1. The molecule has 5 nitrogen and oxygen atoms in total. The van der Waals surface area contributed by atoms with Crippen LogP contribution in [-0.2, 0) is 17.8 Å². The molecular weight excluding hydrogens is 458 g/mol. The summed E-state index contributed by atoms with van der Waals surface area (Å²) in [6.07, 6.45) is 3.25. The van der Waals surface area contributed by atoms with Crippen LogP contribution < -0.4 is 5.73 Å². The van der Waals surface area contributed by atoms with Crippen LogP contribution in [0, 0.1) is 0 Å². The Labute approximate surface area is 180 Å². The number of ketones is 1. The fourth-order valence-corrected chi connectivity index (χ4v) is 5.54. The molecule has 0 spiro atoms. The summed E-state index contributed by atoms with van der Waals surface area (Å²) >= 11 is 6.32. The summed E-state index contributed by atoms with van der Waals surface area (Å²) in [5, 5.41) is 1.51. The summed E-state index contributed by atoms with van der Waals surface area (Å²) in [7, 11) is 0. The third-order valence-electron chi connectivity index (χ3n) is 4.73. The van der Waals surface area contributed by atoms with Crippen molar-refractivity contribution in [3.8, 4) is 0 Å². The zero-order valence-electron chi connectivity index (χ0n) is 15.4. The van der Waals surface area contributed by atoms with Crippen LogP contribution in [0.2, 0.25) is 0 Å². The van der Waals surface area contributed by atoms with Gasteiger partial charge >= 0.3 is 0 Å². The maximum Gasteiger partial charge on any atom is 0.191 e. The van der Waals surface area contributed by atoms with E-state index in [4.69, 9.17) is 10.5 Å². The lowest BCUT2D eigenvalue weighted by Gasteiger charge is -2.22. The second kappa shape index (κ2) is 8.49. The molecule has 1 atom stereocenters. The number of nitrogen functional groups attached to an aromatic ring is 1.